The van der Waals surface area contributed by atoms with E-state index in [1.54, 1.807) is 24.3 Å². The maximum absolute atomic E-state index is 12.5. The van der Waals surface area contributed by atoms with Gasteiger partial charge in [-0.3, -0.25) is 9.59 Å². The van der Waals surface area contributed by atoms with Gasteiger partial charge in [0.15, 0.2) is 0 Å². The van der Waals surface area contributed by atoms with Gasteiger partial charge < -0.3 is 15.0 Å². The van der Waals surface area contributed by atoms with Crippen LogP contribution in [0, 0.1) is 0 Å². The lowest BCUT2D eigenvalue weighted by Crippen LogP contribution is -2.46. The van der Waals surface area contributed by atoms with Gasteiger partial charge in [-0.15, -0.1) is 0 Å². The molecule has 0 spiro atoms. The van der Waals surface area contributed by atoms with Crippen LogP contribution in [0.25, 0.3) is 0 Å². The molecule has 0 atom stereocenters. The van der Waals surface area contributed by atoms with Crippen molar-refractivity contribution in [1.29, 1.82) is 0 Å². The predicted molar refractivity (Wildman–Crippen MR) is 114 cm³/mol. The van der Waals surface area contributed by atoms with Crippen molar-refractivity contribution in [3.8, 4) is 5.75 Å². The van der Waals surface area contributed by atoms with Gasteiger partial charge >= 0.3 is 0 Å². The minimum absolute atomic E-state index is 0.0828. The van der Waals surface area contributed by atoms with E-state index in [-0.39, 0.29) is 17.9 Å². The molecule has 2 aromatic rings. The fourth-order valence-electron chi connectivity index (χ4n) is 3.47. The van der Waals surface area contributed by atoms with Crippen molar-refractivity contribution in [2.24, 2.45) is 0 Å². The molecule has 154 valence electrons. The third kappa shape index (κ3) is 6.23. The van der Waals surface area contributed by atoms with E-state index in [0.29, 0.717) is 43.1 Å². The number of halogens is 1. The molecule has 29 heavy (non-hydrogen) atoms. The van der Waals surface area contributed by atoms with E-state index in [1.807, 2.05) is 36.1 Å². The van der Waals surface area contributed by atoms with Gasteiger partial charge in [-0.25, -0.2) is 0 Å². The summed E-state index contributed by atoms with van der Waals surface area (Å²) < 4.78 is 5.40. The Kier molecular flexibility index (Phi) is 7.53. The largest absolute Gasteiger partial charge is 0.494 e. The van der Waals surface area contributed by atoms with Gasteiger partial charge in [-0.1, -0.05) is 23.7 Å². The van der Waals surface area contributed by atoms with E-state index in [4.69, 9.17) is 16.3 Å². The summed E-state index contributed by atoms with van der Waals surface area (Å²) in [5.41, 5.74) is 1.73. The normalized spacial score (nSPS) is 14.5. The number of aryl methyl sites for hydroxylation is 1. The molecule has 0 bridgehead atoms. The first kappa shape index (κ1) is 21.2. The minimum Gasteiger partial charge on any atom is -0.494 e. The standard InChI is InChI=1S/C23H27ClN2O3/c1-2-29-21-10-6-18(7-11-21)23(28)25-20-13-15-26(16-14-20)22(27)12-5-17-3-8-19(24)9-4-17/h3-4,6-11,20H,2,5,12-16H2,1H3,(H,25,28). The molecule has 0 aliphatic carbocycles. The van der Waals surface area contributed by atoms with Gasteiger partial charge in [0.2, 0.25) is 5.91 Å². The number of nitrogens with zero attached hydrogens (tertiary/aromatic N) is 1. The average molecular weight is 415 g/mol. The van der Waals surface area contributed by atoms with Crippen molar-refractivity contribution in [3.63, 3.8) is 0 Å². The van der Waals surface area contributed by atoms with Crippen LogP contribution in [-0.4, -0.2) is 42.5 Å². The Morgan fingerprint density at radius 2 is 1.72 bits per heavy atom. The Labute approximate surface area is 177 Å². The number of amides is 2. The van der Waals surface area contributed by atoms with Crippen LogP contribution in [0.1, 0.15) is 42.1 Å². The first-order valence-corrected chi connectivity index (χ1v) is 10.5. The molecule has 2 amide bonds. The second kappa shape index (κ2) is 10.3. The zero-order valence-electron chi connectivity index (χ0n) is 16.7. The van der Waals surface area contributed by atoms with Crippen molar-refractivity contribution in [3.05, 3.63) is 64.7 Å². The molecule has 3 rings (SSSR count). The smallest absolute Gasteiger partial charge is 0.251 e. The minimum atomic E-state index is -0.0828. The van der Waals surface area contributed by atoms with Gasteiger partial charge in [0.25, 0.3) is 5.91 Å². The highest BCUT2D eigenvalue weighted by Gasteiger charge is 2.24. The van der Waals surface area contributed by atoms with Gasteiger partial charge in [-0.2, -0.15) is 0 Å². The van der Waals surface area contributed by atoms with Crippen molar-refractivity contribution in [2.45, 2.75) is 38.6 Å². The van der Waals surface area contributed by atoms with E-state index < -0.39 is 0 Å². The number of benzene rings is 2. The molecule has 1 saturated heterocycles. The van der Waals surface area contributed by atoms with Crippen molar-refractivity contribution >= 4 is 23.4 Å². The highest BCUT2D eigenvalue weighted by molar-refractivity contribution is 6.30. The topological polar surface area (TPSA) is 58.6 Å². The van der Waals surface area contributed by atoms with Crippen LogP contribution in [0.2, 0.25) is 5.02 Å². The van der Waals surface area contributed by atoms with E-state index in [2.05, 4.69) is 5.32 Å². The quantitative estimate of drug-likeness (QED) is 0.742. The second-order valence-corrected chi connectivity index (χ2v) is 7.65. The monoisotopic (exact) mass is 414 g/mol. The number of carbonyl (C=O) groups is 2. The lowest BCUT2D eigenvalue weighted by molar-refractivity contribution is -0.132. The molecular formula is C23H27ClN2O3. The van der Waals surface area contributed by atoms with E-state index in [1.165, 1.54) is 0 Å². The van der Waals surface area contributed by atoms with Crippen molar-refractivity contribution in [1.82, 2.24) is 10.2 Å². The summed E-state index contributed by atoms with van der Waals surface area (Å²) in [7, 11) is 0. The fraction of sp³-hybridized carbons (Fsp3) is 0.391. The van der Waals surface area contributed by atoms with Crippen LogP contribution in [-0.2, 0) is 11.2 Å². The molecule has 1 fully saturated rings. The Balaban J connectivity index is 1.41. The first-order chi connectivity index (χ1) is 14.0. The van der Waals surface area contributed by atoms with Gasteiger partial charge in [0.05, 0.1) is 6.61 Å². The molecule has 1 aliphatic heterocycles. The van der Waals surface area contributed by atoms with Gasteiger partial charge in [0, 0.05) is 36.1 Å². The van der Waals surface area contributed by atoms with Crippen LogP contribution < -0.4 is 10.1 Å². The van der Waals surface area contributed by atoms with Crippen LogP contribution in [0.15, 0.2) is 48.5 Å². The summed E-state index contributed by atoms with van der Waals surface area (Å²) in [6, 6.07) is 14.9. The molecule has 2 aromatic carbocycles. The summed E-state index contributed by atoms with van der Waals surface area (Å²) in [6.07, 6.45) is 2.75. The number of piperidine rings is 1. The number of carbonyl (C=O) groups excluding carboxylic acids is 2. The van der Waals surface area contributed by atoms with Crippen LogP contribution in [0.5, 0.6) is 5.75 Å². The van der Waals surface area contributed by atoms with E-state index in [9.17, 15) is 9.59 Å². The van der Waals surface area contributed by atoms with Crippen LogP contribution >= 0.6 is 11.6 Å². The summed E-state index contributed by atoms with van der Waals surface area (Å²) >= 11 is 5.89. The molecule has 6 heteroatoms. The highest BCUT2D eigenvalue weighted by Crippen LogP contribution is 2.16. The van der Waals surface area contributed by atoms with Crippen LogP contribution in [0.3, 0.4) is 0 Å². The zero-order valence-corrected chi connectivity index (χ0v) is 17.5. The molecule has 0 saturated carbocycles. The van der Waals surface area contributed by atoms with Crippen molar-refractivity contribution < 1.29 is 14.3 Å². The van der Waals surface area contributed by atoms with Crippen molar-refractivity contribution in [2.75, 3.05) is 19.7 Å². The third-order valence-electron chi connectivity index (χ3n) is 5.15. The maximum atomic E-state index is 12.5. The SMILES string of the molecule is CCOc1ccc(C(=O)NC2CCN(C(=O)CCc3ccc(Cl)cc3)CC2)cc1. The Morgan fingerprint density at radius 3 is 2.34 bits per heavy atom. The molecule has 0 radical (unpaired) electrons. The Hall–Kier alpha value is -2.53. The van der Waals surface area contributed by atoms with Gasteiger partial charge in [0.1, 0.15) is 5.75 Å². The molecule has 1 aliphatic rings. The first-order valence-electron chi connectivity index (χ1n) is 10.1. The fourth-order valence-corrected chi connectivity index (χ4v) is 3.60. The van der Waals surface area contributed by atoms with E-state index >= 15 is 0 Å². The highest BCUT2D eigenvalue weighted by atomic mass is 35.5. The number of hydrogen-bond donors (Lipinski definition) is 1. The summed E-state index contributed by atoms with van der Waals surface area (Å²) in [6.45, 7) is 3.87. The molecule has 1 N–H and O–H groups in total. The number of rotatable bonds is 7. The second-order valence-electron chi connectivity index (χ2n) is 7.21. The van der Waals surface area contributed by atoms with E-state index in [0.717, 1.165) is 24.2 Å². The maximum Gasteiger partial charge on any atom is 0.251 e. The summed E-state index contributed by atoms with van der Waals surface area (Å²) in [5.74, 6) is 0.839. The van der Waals surface area contributed by atoms with Gasteiger partial charge in [-0.05, 0) is 68.1 Å². The Bertz CT molecular complexity index is 813. The molecular weight excluding hydrogens is 388 g/mol. The molecule has 0 aromatic heterocycles. The zero-order chi connectivity index (χ0) is 20.6. The summed E-state index contributed by atoms with van der Waals surface area (Å²) in [5, 5.41) is 3.78. The number of likely N-dealkylation sites (tertiary alicyclic amines) is 1. The summed E-state index contributed by atoms with van der Waals surface area (Å²) in [4.78, 5) is 26.8. The number of nitrogens with one attached hydrogen (secondary N) is 1. The molecule has 1 heterocycles. The third-order valence-corrected chi connectivity index (χ3v) is 5.40. The molecule has 5 nitrogen and oxygen atoms in total. The Morgan fingerprint density at radius 1 is 1.07 bits per heavy atom. The average Bonchev–Trinajstić information content (AvgIpc) is 2.74. The predicted octanol–water partition coefficient (Wildman–Crippen LogP) is 4.09. The number of hydrogen-bond acceptors (Lipinski definition) is 3. The molecule has 0 unspecified atom stereocenters. The number of ether oxygens (including phenoxy) is 1. The lowest BCUT2D eigenvalue weighted by Gasteiger charge is -2.32. The van der Waals surface area contributed by atoms with Crippen LogP contribution in [0.4, 0.5) is 0 Å². The lowest BCUT2D eigenvalue weighted by atomic mass is 10.0.